The van der Waals surface area contributed by atoms with Crippen LogP contribution in [0.15, 0.2) is 73.4 Å². The number of hydrogen-bond acceptors (Lipinski definition) is 6. The van der Waals surface area contributed by atoms with Gasteiger partial charge >= 0.3 is 0 Å². The number of carbonyl (C=O) groups is 1. The summed E-state index contributed by atoms with van der Waals surface area (Å²) >= 11 is 0. The predicted octanol–water partition coefficient (Wildman–Crippen LogP) is 5.06. The van der Waals surface area contributed by atoms with Crippen molar-refractivity contribution in [2.24, 2.45) is 0 Å². The summed E-state index contributed by atoms with van der Waals surface area (Å²) in [6, 6.07) is 19.6. The van der Waals surface area contributed by atoms with Crippen molar-refractivity contribution in [3.63, 3.8) is 0 Å². The number of nitrogens with zero attached hydrogens (tertiary/aromatic N) is 3. The Hall–Kier alpha value is -4.31. The van der Waals surface area contributed by atoms with Crippen molar-refractivity contribution >= 4 is 34.5 Å². The highest BCUT2D eigenvalue weighted by Crippen LogP contribution is 2.30. The van der Waals surface area contributed by atoms with Crippen molar-refractivity contribution in [1.29, 1.82) is 5.26 Å². The molecule has 1 amide bonds. The standard InChI is InChI=1S/C25H26N6O/c1-5-25(32)30-22-12-11-21(14-23(22)31(3)4)29-20-9-7-19(8-10-20)17(2)28-24-13-6-18(15-26)16-27-24/h5-14,16-17,29H,1H2,2-4H3,(H,27,28)(H,30,32)/t17-/m0/s1. The second-order valence-electron chi connectivity index (χ2n) is 7.48. The smallest absolute Gasteiger partial charge is 0.247 e. The summed E-state index contributed by atoms with van der Waals surface area (Å²) < 4.78 is 0. The number of amides is 1. The van der Waals surface area contributed by atoms with Crippen molar-refractivity contribution in [2.75, 3.05) is 34.9 Å². The largest absolute Gasteiger partial charge is 0.376 e. The summed E-state index contributed by atoms with van der Waals surface area (Å²) in [6.07, 6.45) is 2.80. The molecule has 1 aromatic heterocycles. The normalized spacial score (nSPS) is 11.1. The maximum atomic E-state index is 11.7. The lowest BCUT2D eigenvalue weighted by Gasteiger charge is -2.20. The second kappa shape index (κ2) is 10.1. The van der Waals surface area contributed by atoms with Gasteiger partial charge < -0.3 is 20.9 Å². The highest BCUT2D eigenvalue weighted by atomic mass is 16.1. The molecule has 0 fully saturated rings. The Kier molecular flexibility index (Phi) is 7.09. The van der Waals surface area contributed by atoms with Gasteiger partial charge in [-0.05, 0) is 61.0 Å². The maximum Gasteiger partial charge on any atom is 0.247 e. The molecule has 0 aliphatic heterocycles. The summed E-state index contributed by atoms with van der Waals surface area (Å²) in [5, 5.41) is 18.4. The number of aromatic nitrogens is 1. The fourth-order valence-electron chi connectivity index (χ4n) is 3.14. The van der Waals surface area contributed by atoms with E-state index >= 15 is 0 Å². The Balaban J connectivity index is 1.69. The lowest BCUT2D eigenvalue weighted by molar-refractivity contribution is -0.111. The number of anilines is 5. The van der Waals surface area contributed by atoms with Crippen LogP contribution in [0.5, 0.6) is 0 Å². The minimum atomic E-state index is -0.247. The number of pyridine rings is 1. The van der Waals surface area contributed by atoms with E-state index in [1.807, 2.05) is 49.3 Å². The van der Waals surface area contributed by atoms with Gasteiger partial charge in [-0.25, -0.2) is 4.98 Å². The van der Waals surface area contributed by atoms with Crippen LogP contribution < -0.4 is 20.9 Å². The molecule has 0 aliphatic rings. The van der Waals surface area contributed by atoms with Crippen molar-refractivity contribution in [1.82, 2.24) is 4.98 Å². The van der Waals surface area contributed by atoms with Crippen molar-refractivity contribution in [2.45, 2.75) is 13.0 Å². The molecule has 0 saturated heterocycles. The zero-order valence-corrected chi connectivity index (χ0v) is 18.4. The lowest BCUT2D eigenvalue weighted by Crippen LogP contribution is -2.15. The third-order valence-electron chi connectivity index (χ3n) is 4.88. The molecule has 32 heavy (non-hydrogen) atoms. The molecule has 3 N–H and O–H groups in total. The summed E-state index contributed by atoms with van der Waals surface area (Å²) in [5.41, 5.74) is 5.10. The van der Waals surface area contributed by atoms with Gasteiger partial charge in [0, 0.05) is 37.7 Å². The van der Waals surface area contributed by atoms with E-state index in [1.165, 1.54) is 6.08 Å². The molecule has 0 saturated carbocycles. The molecule has 3 aromatic rings. The molecule has 7 heteroatoms. The molecule has 0 bridgehead atoms. The molecular weight excluding hydrogens is 400 g/mol. The molecule has 0 unspecified atom stereocenters. The van der Waals surface area contributed by atoms with Gasteiger partial charge in [-0.3, -0.25) is 4.79 Å². The van der Waals surface area contributed by atoms with Crippen LogP contribution in [0.2, 0.25) is 0 Å². The minimum Gasteiger partial charge on any atom is -0.376 e. The molecular formula is C25H26N6O. The lowest BCUT2D eigenvalue weighted by atomic mass is 10.1. The van der Waals surface area contributed by atoms with Gasteiger partial charge in [0.15, 0.2) is 0 Å². The highest BCUT2D eigenvalue weighted by Gasteiger charge is 2.10. The first-order valence-electron chi connectivity index (χ1n) is 10.1. The monoisotopic (exact) mass is 426 g/mol. The Labute approximate surface area is 188 Å². The highest BCUT2D eigenvalue weighted by molar-refractivity contribution is 6.01. The maximum absolute atomic E-state index is 11.7. The van der Waals surface area contributed by atoms with E-state index in [1.54, 1.807) is 18.3 Å². The third-order valence-corrected chi connectivity index (χ3v) is 4.88. The number of benzene rings is 2. The average Bonchev–Trinajstić information content (AvgIpc) is 2.80. The van der Waals surface area contributed by atoms with Crippen molar-refractivity contribution < 1.29 is 4.79 Å². The fourth-order valence-corrected chi connectivity index (χ4v) is 3.14. The molecule has 0 spiro atoms. The van der Waals surface area contributed by atoms with E-state index in [-0.39, 0.29) is 11.9 Å². The van der Waals surface area contributed by atoms with E-state index in [4.69, 9.17) is 5.26 Å². The number of nitrogens with one attached hydrogen (secondary N) is 3. The van der Waals surface area contributed by atoms with E-state index in [9.17, 15) is 4.79 Å². The van der Waals surface area contributed by atoms with Gasteiger partial charge in [0.2, 0.25) is 5.91 Å². The van der Waals surface area contributed by atoms with Gasteiger partial charge in [-0.2, -0.15) is 5.26 Å². The zero-order valence-electron chi connectivity index (χ0n) is 18.4. The summed E-state index contributed by atoms with van der Waals surface area (Å²) in [6.45, 7) is 5.55. The fraction of sp³-hybridized carbons (Fsp3) is 0.160. The van der Waals surface area contributed by atoms with E-state index in [2.05, 4.69) is 52.6 Å². The van der Waals surface area contributed by atoms with E-state index in [0.717, 1.165) is 34.1 Å². The molecule has 162 valence electrons. The van der Waals surface area contributed by atoms with Crippen LogP contribution in [-0.2, 0) is 4.79 Å². The summed E-state index contributed by atoms with van der Waals surface area (Å²) in [4.78, 5) is 17.9. The molecule has 1 heterocycles. The first-order chi connectivity index (χ1) is 15.4. The van der Waals surface area contributed by atoms with Crippen LogP contribution in [0.1, 0.15) is 24.1 Å². The molecule has 7 nitrogen and oxygen atoms in total. The van der Waals surface area contributed by atoms with Crippen LogP contribution in [0, 0.1) is 11.3 Å². The van der Waals surface area contributed by atoms with E-state index in [0.29, 0.717) is 5.56 Å². The van der Waals surface area contributed by atoms with Crippen LogP contribution >= 0.6 is 0 Å². The minimum absolute atomic E-state index is 0.0533. The summed E-state index contributed by atoms with van der Waals surface area (Å²) in [7, 11) is 3.85. The molecule has 0 aliphatic carbocycles. The Morgan fingerprint density at radius 3 is 2.44 bits per heavy atom. The molecule has 3 rings (SSSR count). The number of nitriles is 1. The van der Waals surface area contributed by atoms with Crippen LogP contribution in [0.25, 0.3) is 0 Å². The predicted molar refractivity (Wildman–Crippen MR) is 130 cm³/mol. The Bertz CT molecular complexity index is 1130. The number of hydrogen-bond donors (Lipinski definition) is 3. The van der Waals surface area contributed by atoms with E-state index < -0.39 is 0 Å². The van der Waals surface area contributed by atoms with Gasteiger partial charge in [0.1, 0.15) is 11.9 Å². The SMILES string of the molecule is C=CC(=O)Nc1ccc(Nc2ccc([C@H](C)Nc3ccc(C#N)cn3)cc2)cc1N(C)C. The number of rotatable bonds is 8. The average molecular weight is 427 g/mol. The van der Waals surface area contributed by atoms with Gasteiger partial charge in [-0.1, -0.05) is 18.7 Å². The summed E-state index contributed by atoms with van der Waals surface area (Å²) in [5.74, 6) is 0.474. The molecule has 2 aromatic carbocycles. The third kappa shape index (κ3) is 5.64. The van der Waals surface area contributed by atoms with Crippen molar-refractivity contribution in [3.05, 3.63) is 84.6 Å². The quantitative estimate of drug-likeness (QED) is 0.436. The Morgan fingerprint density at radius 2 is 1.84 bits per heavy atom. The molecule has 0 radical (unpaired) electrons. The molecule has 1 atom stereocenters. The Morgan fingerprint density at radius 1 is 1.12 bits per heavy atom. The number of carbonyl (C=O) groups excluding carboxylic acids is 1. The van der Waals surface area contributed by atoms with Crippen LogP contribution in [0.3, 0.4) is 0 Å². The zero-order chi connectivity index (χ0) is 23.1. The van der Waals surface area contributed by atoms with Gasteiger partial charge in [0.25, 0.3) is 0 Å². The second-order valence-corrected chi connectivity index (χ2v) is 7.48. The van der Waals surface area contributed by atoms with Crippen LogP contribution in [-0.4, -0.2) is 25.0 Å². The van der Waals surface area contributed by atoms with Gasteiger partial charge in [-0.15, -0.1) is 0 Å². The first kappa shape index (κ1) is 22.4. The van der Waals surface area contributed by atoms with Crippen molar-refractivity contribution in [3.8, 4) is 6.07 Å². The van der Waals surface area contributed by atoms with Gasteiger partial charge in [0.05, 0.1) is 16.9 Å². The first-order valence-corrected chi connectivity index (χ1v) is 10.1. The van der Waals surface area contributed by atoms with Crippen LogP contribution in [0.4, 0.5) is 28.6 Å². The topological polar surface area (TPSA) is 93.1 Å².